The lowest BCUT2D eigenvalue weighted by Crippen LogP contribution is -2.42. The highest BCUT2D eigenvalue weighted by molar-refractivity contribution is 9.10. The lowest BCUT2D eigenvalue weighted by molar-refractivity contribution is -0.118. The van der Waals surface area contributed by atoms with Gasteiger partial charge in [-0.1, -0.05) is 84.4 Å². The van der Waals surface area contributed by atoms with Gasteiger partial charge in [-0.2, -0.15) is 0 Å². The second kappa shape index (κ2) is 12.0. The maximum atomic E-state index is 16.3. The third kappa shape index (κ3) is 6.21. The number of phenolic OH excluding ortho intramolecular Hbond substituents is 1. The Labute approximate surface area is 270 Å². The highest BCUT2D eigenvalue weighted by Gasteiger charge is 2.47. The van der Waals surface area contributed by atoms with Crippen LogP contribution in [-0.2, 0) is 27.7 Å². The summed E-state index contributed by atoms with van der Waals surface area (Å²) in [5.41, 5.74) is 1.67. The fraction of sp³-hybridized carbons (Fsp3) is 0.229. The molecule has 0 fully saturated rings. The first-order valence-corrected chi connectivity index (χ1v) is 16.9. The van der Waals surface area contributed by atoms with Crippen LogP contribution in [0.15, 0.2) is 106 Å². The molecule has 1 unspecified atom stereocenters. The summed E-state index contributed by atoms with van der Waals surface area (Å²) < 4.78 is 51.2. The summed E-state index contributed by atoms with van der Waals surface area (Å²) in [6, 6.07) is 24.3. The van der Waals surface area contributed by atoms with Gasteiger partial charge >= 0.3 is 0 Å². The Kier molecular flexibility index (Phi) is 8.22. The fourth-order valence-corrected chi connectivity index (χ4v) is 8.89. The Hall–Kier alpha value is -4.15. The summed E-state index contributed by atoms with van der Waals surface area (Å²) in [5.74, 6) is -1.29. The molecule has 45 heavy (non-hydrogen) atoms. The molecular weight excluding hydrogens is 659 g/mol. The molecule has 2 heterocycles. The maximum Gasteiger partial charge on any atom is 0.232 e. The molecule has 4 aromatic rings. The first-order valence-electron chi connectivity index (χ1n) is 14.5. The van der Waals surface area contributed by atoms with Crippen LogP contribution < -0.4 is 15.0 Å². The first-order chi connectivity index (χ1) is 21.4. The van der Waals surface area contributed by atoms with Gasteiger partial charge in [0.05, 0.1) is 22.8 Å². The van der Waals surface area contributed by atoms with E-state index < -0.39 is 33.0 Å². The van der Waals surface area contributed by atoms with Gasteiger partial charge in [0.15, 0.2) is 9.84 Å². The molecular formula is C35H32BrFN2O5S. The van der Waals surface area contributed by atoms with Crippen LogP contribution in [0.2, 0.25) is 0 Å². The number of rotatable bonds is 6. The molecule has 4 aromatic carbocycles. The van der Waals surface area contributed by atoms with E-state index in [-0.39, 0.29) is 52.1 Å². The number of carbonyl (C=O) groups excluding carboxylic acids is 1. The number of aromatic hydroxyl groups is 1. The minimum absolute atomic E-state index is 0.00341. The Morgan fingerprint density at radius 2 is 1.78 bits per heavy atom. The van der Waals surface area contributed by atoms with E-state index in [1.165, 1.54) is 23.1 Å². The van der Waals surface area contributed by atoms with Gasteiger partial charge in [0.1, 0.15) is 35.7 Å². The van der Waals surface area contributed by atoms with Crippen LogP contribution in [0, 0.1) is 11.2 Å². The zero-order valence-corrected chi connectivity index (χ0v) is 27.2. The third-order valence-corrected chi connectivity index (χ3v) is 11.1. The molecule has 7 nitrogen and oxygen atoms in total. The highest BCUT2D eigenvalue weighted by atomic mass is 79.9. The van der Waals surface area contributed by atoms with Gasteiger partial charge in [-0.05, 0) is 53.3 Å². The molecule has 2 aliphatic heterocycles. The molecule has 0 saturated heterocycles. The maximum absolute atomic E-state index is 16.3. The molecule has 232 valence electrons. The Morgan fingerprint density at radius 1 is 1.04 bits per heavy atom. The van der Waals surface area contributed by atoms with Crippen molar-refractivity contribution in [3.05, 3.63) is 129 Å². The smallest absolute Gasteiger partial charge is 0.232 e. The normalized spacial score (nSPS) is 18.3. The summed E-state index contributed by atoms with van der Waals surface area (Å²) >= 11 is 3.50. The second-order valence-corrected chi connectivity index (χ2v) is 14.9. The molecule has 1 amide bonds. The van der Waals surface area contributed by atoms with E-state index >= 15 is 4.39 Å². The van der Waals surface area contributed by atoms with Crippen molar-refractivity contribution in [3.8, 4) is 11.5 Å². The predicted octanol–water partition coefficient (Wildman–Crippen LogP) is 7.67. The van der Waals surface area contributed by atoms with Crippen LogP contribution in [0.1, 0.15) is 43.0 Å². The number of phenols is 1. The van der Waals surface area contributed by atoms with Gasteiger partial charge < -0.3 is 15.2 Å². The monoisotopic (exact) mass is 690 g/mol. The Bertz CT molecular complexity index is 1930. The Morgan fingerprint density at radius 3 is 2.51 bits per heavy atom. The summed E-state index contributed by atoms with van der Waals surface area (Å²) in [5, 5.41) is 14.2. The molecule has 2 N–H and O–H groups in total. The topological polar surface area (TPSA) is 95.9 Å². The summed E-state index contributed by atoms with van der Waals surface area (Å²) in [4.78, 5) is 15.6. The molecule has 1 atom stereocenters. The lowest BCUT2D eigenvalue weighted by atomic mass is 9.88. The van der Waals surface area contributed by atoms with Crippen molar-refractivity contribution < 1.29 is 27.4 Å². The van der Waals surface area contributed by atoms with E-state index in [4.69, 9.17) is 4.74 Å². The van der Waals surface area contributed by atoms with E-state index in [0.29, 0.717) is 22.2 Å². The van der Waals surface area contributed by atoms with Crippen LogP contribution >= 0.6 is 15.9 Å². The van der Waals surface area contributed by atoms with Crippen molar-refractivity contribution in [1.82, 2.24) is 0 Å². The number of hydrogen-bond donors (Lipinski definition) is 2. The number of ether oxygens (including phenoxy) is 1. The van der Waals surface area contributed by atoms with Crippen LogP contribution in [-0.4, -0.2) is 25.2 Å². The number of benzene rings is 4. The molecule has 6 rings (SSSR count). The number of nitrogens with one attached hydrogen (secondary N) is 1. The number of nitrogens with zero attached hydrogens (tertiary/aromatic N) is 1. The van der Waals surface area contributed by atoms with Gasteiger partial charge in [0.2, 0.25) is 5.91 Å². The van der Waals surface area contributed by atoms with Crippen LogP contribution in [0.3, 0.4) is 0 Å². The molecule has 0 bridgehead atoms. The molecule has 0 saturated carbocycles. The molecule has 0 aliphatic carbocycles. The number of carbonyl (C=O) groups is 1. The number of anilines is 2. The van der Waals surface area contributed by atoms with E-state index in [9.17, 15) is 18.3 Å². The molecule has 10 heteroatoms. The average molecular weight is 692 g/mol. The van der Waals surface area contributed by atoms with Crippen LogP contribution in [0.25, 0.3) is 0 Å². The third-order valence-electron chi connectivity index (χ3n) is 8.01. The SMILES string of the molecule is CC1(C)CC2=C(C(c3ccc(OCc4ccccc4)cc3F)N(C(=O)Cc3ccccc3Br)c3cccc(O)c3N2)S(=O)(=O)C1. The van der Waals surface area contributed by atoms with E-state index in [1.807, 2.05) is 56.3 Å². The molecule has 0 radical (unpaired) electrons. The van der Waals surface area contributed by atoms with Crippen LogP contribution in [0.4, 0.5) is 15.8 Å². The summed E-state index contributed by atoms with van der Waals surface area (Å²) in [6.45, 7) is 3.91. The Balaban J connectivity index is 1.53. The minimum atomic E-state index is -4.03. The lowest BCUT2D eigenvalue weighted by Gasteiger charge is -2.37. The highest BCUT2D eigenvalue weighted by Crippen LogP contribution is 2.51. The largest absolute Gasteiger partial charge is 0.506 e. The summed E-state index contributed by atoms with van der Waals surface area (Å²) in [6.07, 6.45) is 0.194. The number of halogens is 2. The fourth-order valence-electron chi connectivity index (χ4n) is 6.11. The van der Waals surface area contributed by atoms with Gasteiger partial charge in [-0.15, -0.1) is 0 Å². The van der Waals surface area contributed by atoms with Crippen molar-refractivity contribution in [1.29, 1.82) is 0 Å². The zero-order valence-electron chi connectivity index (χ0n) is 24.8. The molecule has 0 aromatic heterocycles. The van der Waals surface area contributed by atoms with Crippen molar-refractivity contribution in [2.75, 3.05) is 16.0 Å². The van der Waals surface area contributed by atoms with Crippen molar-refractivity contribution in [2.45, 2.75) is 39.3 Å². The van der Waals surface area contributed by atoms with Crippen LogP contribution in [0.5, 0.6) is 11.5 Å². The van der Waals surface area contributed by atoms with Gasteiger partial charge in [-0.25, -0.2) is 12.8 Å². The number of allylic oxidation sites excluding steroid dienone is 1. The second-order valence-electron chi connectivity index (χ2n) is 12.1. The van der Waals surface area contributed by atoms with Gasteiger partial charge in [-0.3, -0.25) is 9.69 Å². The van der Waals surface area contributed by atoms with E-state index in [1.54, 1.807) is 30.3 Å². The molecule has 0 spiro atoms. The van der Waals surface area contributed by atoms with Crippen molar-refractivity contribution in [2.24, 2.45) is 5.41 Å². The zero-order chi connectivity index (χ0) is 31.9. The number of para-hydroxylation sites is 1. The average Bonchev–Trinajstić information content (AvgIpc) is 3.12. The number of sulfone groups is 1. The quantitative estimate of drug-likeness (QED) is 0.202. The number of amides is 1. The summed E-state index contributed by atoms with van der Waals surface area (Å²) in [7, 11) is -4.03. The van der Waals surface area contributed by atoms with Gasteiger partial charge in [0.25, 0.3) is 0 Å². The number of fused-ring (bicyclic) bond motifs is 1. The van der Waals surface area contributed by atoms with Crippen molar-refractivity contribution >= 4 is 43.0 Å². The number of hydrogen-bond acceptors (Lipinski definition) is 6. The minimum Gasteiger partial charge on any atom is -0.506 e. The van der Waals surface area contributed by atoms with E-state index in [2.05, 4.69) is 21.2 Å². The van der Waals surface area contributed by atoms with Gasteiger partial charge in [0, 0.05) is 21.8 Å². The van der Waals surface area contributed by atoms with Crippen molar-refractivity contribution in [3.63, 3.8) is 0 Å². The van der Waals surface area contributed by atoms with E-state index in [0.717, 1.165) is 5.56 Å². The first kappa shape index (κ1) is 30.9. The standard InChI is InChI=1S/C35H32BrFN2O5S/c1-35(2)19-28-34(45(42,43)21-35)33(25-16-15-24(18-27(25)37)44-20-22-9-4-3-5-10-22)39(29-13-8-14-30(40)32(29)38-28)31(41)17-23-11-6-7-12-26(23)36/h3-16,18,33,38,40H,17,19-21H2,1-2H3. The molecule has 2 aliphatic rings. The predicted molar refractivity (Wildman–Crippen MR) is 176 cm³/mol.